The number of H-pyrrole nitrogens is 1. The van der Waals surface area contributed by atoms with Crippen molar-refractivity contribution in [1.82, 2.24) is 25.4 Å². The van der Waals surface area contributed by atoms with Gasteiger partial charge in [0.15, 0.2) is 0 Å². The van der Waals surface area contributed by atoms with Crippen LogP contribution >= 0.6 is 0 Å². The van der Waals surface area contributed by atoms with Gasteiger partial charge in [0.2, 0.25) is 11.9 Å². The molecule has 0 saturated carbocycles. The number of aromatic nitrogens is 3. The third kappa shape index (κ3) is 3.83. The molecule has 9 nitrogen and oxygen atoms in total. The minimum absolute atomic E-state index is 0.174. The molecule has 1 atom stereocenters. The molecule has 0 spiro atoms. The predicted molar refractivity (Wildman–Crippen MR) is 74.3 cm³/mol. The van der Waals surface area contributed by atoms with Crippen LogP contribution in [0.25, 0.3) is 0 Å². The van der Waals surface area contributed by atoms with Gasteiger partial charge in [-0.05, 0) is 19.3 Å². The normalized spacial score (nSPS) is 18.3. The van der Waals surface area contributed by atoms with Crippen molar-refractivity contribution in [3.8, 4) is 0 Å². The van der Waals surface area contributed by atoms with Gasteiger partial charge in [0.05, 0.1) is 7.11 Å². The van der Waals surface area contributed by atoms with Crippen molar-refractivity contribution in [3.63, 3.8) is 0 Å². The number of amides is 2. The van der Waals surface area contributed by atoms with E-state index in [-0.39, 0.29) is 11.9 Å². The van der Waals surface area contributed by atoms with Crippen molar-refractivity contribution in [2.24, 2.45) is 0 Å². The number of carbonyl (C=O) groups is 2. The third-order valence-corrected chi connectivity index (χ3v) is 3.42. The molecule has 0 bridgehead atoms. The van der Waals surface area contributed by atoms with Gasteiger partial charge in [-0.15, -0.1) is 5.10 Å². The number of nitrogens with two attached hydrogens (primary N) is 1. The van der Waals surface area contributed by atoms with E-state index in [1.165, 1.54) is 12.0 Å². The summed E-state index contributed by atoms with van der Waals surface area (Å²) in [5, 5.41) is 9.19. The van der Waals surface area contributed by atoms with Gasteiger partial charge < -0.3 is 15.8 Å². The molecule has 4 N–H and O–H groups in total. The lowest BCUT2D eigenvalue weighted by atomic mass is 10.0. The summed E-state index contributed by atoms with van der Waals surface area (Å²) in [6.07, 6.45) is 2.50. The number of piperidine rings is 1. The molecule has 1 fully saturated rings. The van der Waals surface area contributed by atoms with Crippen LogP contribution in [0.5, 0.6) is 0 Å². The van der Waals surface area contributed by atoms with Crippen LogP contribution in [0.2, 0.25) is 0 Å². The zero-order valence-corrected chi connectivity index (χ0v) is 12.0. The fourth-order valence-corrected chi connectivity index (χ4v) is 2.38. The molecule has 116 valence electrons. The van der Waals surface area contributed by atoms with E-state index < -0.39 is 12.1 Å². The second-order valence-electron chi connectivity index (χ2n) is 4.86. The molecule has 0 radical (unpaired) electrons. The first kappa shape index (κ1) is 15.1. The fourth-order valence-electron chi connectivity index (χ4n) is 2.38. The van der Waals surface area contributed by atoms with E-state index in [1.807, 2.05) is 0 Å². The Balaban J connectivity index is 1.84. The highest BCUT2D eigenvalue weighted by atomic mass is 16.5. The van der Waals surface area contributed by atoms with Gasteiger partial charge in [-0.25, -0.2) is 4.79 Å². The number of nitrogen functional groups attached to an aromatic ring is 1. The summed E-state index contributed by atoms with van der Waals surface area (Å²) in [6, 6.07) is -0.467. The molecule has 0 aliphatic carbocycles. The minimum Gasteiger partial charge on any atom is -0.453 e. The van der Waals surface area contributed by atoms with E-state index in [1.54, 1.807) is 0 Å². The monoisotopic (exact) mass is 296 g/mol. The SMILES string of the molecule is COC(=O)N1CCCCC1C(=O)NCCc1nc(N)n[nH]1. The highest BCUT2D eigenvalue weighted by Crippen LogP contribution is 2.18. The maximum Gasteiger partial charge on any atom is 0.410 e. The van der Waals surface area contributed by atoms with Gasteiger partial charge in [0.1, 0.15) is 11.9 Å². The molecule has 2 amide bonds. The summed E-state index contributed by atoms with van der Waals surface area (Å²) in [5.41, 5.74) is 5.39. The van der Waals surface area contributed by atoms with Gasteiger partial charge in [-0.1, -0.05) is 0 Å². The van der Waals surface area contributed by atoms with E-state index in [0.717, 1.165) is 12.8 Å². The fraction of sp³-hybridized carbons (Fsp3) is 0.667. The highest BCUT2D eigenvalue weighted by molar-refractivity contribution is 5.85. The van der Waals surface area contributed by atoms with Gasteiger partial charge in [0, 0.05) is 19.5 Å². The second kappa shape index (κ2) is 6.91. The van der Waals surface area contributed by atoms with E-state index >= 15 is 0 Å². The Hall–Kier alpha value is -2.32. The molecule has 2 rings (SSSR count). The number of nitrogens with one attached hydrogen (secondary N) is 2. The maximum absolute atomic E-state index is 12.2. The third-order valence-electron chi connectivity index (χ3n) is 3.42. The molecule has 21 heavy (non-hydrogen) atoms. The van der Waals surface area contributed by atoms with Crippen LogP contribution in [0.3, 0.4) is 0 Å². The van der Waals surface area contributed by atoms with Crippen molar-refractivity contribution >= 4 is 17.9 Å². The number of hydrogen-bond acceptors (Lipinski definition) is 6. The smallest absolute Gasteiger partial charge is 0.410 e. The number of carbonyl (C=O) groups excluding carboxylic acids is 2. The van der Waals surface area contributed by atoms with Gasteiger partial charge >= 0.3 is 6.09 Å². The Labute approximate surface area is 122 Å². The summed E-state index contributed by atoms with van der Waals surface area (Å²) in [4.78, 5) is 29.3. The zero-order valence-electron chi connectivity index (χ0n) is 12.0. The standard InChI is InChI=1S/C12H20N6O3/c1-21-12(20)18-7-3-2-4-8(18)10(19)14-6-5-9-15-11(13)17-16-9/h8H,2-7H2,1H3,(H,14,19)(H3,13,15,16,17). The van der Waals surface area contributed by atoms with Crippen LogP contribution in [0.15, 0.2) is 0 Å². The van der Waals surface area contributed by atoms with Crippen LogP contribution < -0.4 is 11.1 Å². The Kier molecular flexibility index (Phi) is 4.96. The minimum atomic E-state index is -0.467. The van der Waals surface area contributed by atoms with Crippen molar-refractivity contribution in [3.05, 3.63) is 5.82 Å². The molecule has 2 heterocycles. The zero-order chi connectivity index (χ0) is 15.2. The number of aromatic amines is 1. The number of methoxy groups -OCH3 is 1. The first-order valence-electron chi connectivity index (χ1n) is 6.91. The molecule has 1 aliphatic heterocycles. The van der Waals surface area contributed by atoms with Crippen LogP contribution in [0.1, 0.15) is 25.1 Å². The average molecular weight is 296 g/mol. The summed E-state index contributed by atoms with van der Waals surface area (Å²) in [6.45, 7) is 0.947. The van der Waals surface area contributed by atoms with E-state index in [4.69, 9.17) is 10.5 Å². The summed E-state index contributed by atoms with van der Waals surface area (Å²) < 4.78 is 4.72. The van der Waals surface area contributed by atoms with E-state index in [9.17, 15) is 9.59 Å². The number of ether oxygens (including phenoxy) is 1. The summed E-state index contributed by atoms with van der Waals surface area (Å²) in [5.74, 6) is 0.620. The molecule has 1 aromatic heterocycles. The van der Waals surface area contributed by atoms with E-state index in [0.29, 0.717) is 31.8 Å². The lowest BCUT2D eigenvalue weighted by molar-refractivity contribution is -0.126. The van der Waals surface area contributed by atoms with E-state index in [2.05, 4.69) is 20.5 Å². The molecule has 1 saturated heterocycles. The Morgan fingerprint density at radius 1 is 1.52 bits per heavy atom. The van der Waals surface area contributed by atoms with Gasteiger partial charge in [-0.3, -0.25) is 14.8 Å². The van der Waals surface area contributed by atoms with Crippen molar-refractivity contribution in [2.75, 3.05) is 25.9 Å². The number of nitrogens with zero attached hydrogens (tertiary/aromatic N) is 3. The summed E-state index contributed by atoms with van der Waals surface area (Å²) in [7, 11) is 1.32. The number of rotatable bonds is 4. The Morgan fingerprint density at radius 3 is 3.00 bits per heavy atom. The first-order chi connectivity index (χ1) is 10.1. The molecular formula is C12H20N6O3. The number of anilines is 1. The Bertz CT molecular complexity index is 503. The first-order valence-corrected chi connectivity index (χ1v) is 6.91. The Morgan fingerprint density at radius 2 is 2.33 bits per heavy atom. The van der Waals surface area contributed by atoms with Crippen LogP contribution in [-0.4, -0.2) is 58.3 Å². The van der Waals surface area contributed by atoms with Crippen LogP contribution in [0.4, 0.5) is 10.7 Å². The largest absolute Gasteiger partial charge is 0.453 e. The number of likely N-dealkylation sites (tertiary alicyclic amines) is 1. The molecule has 0 aromatic carbocycles. The quantitative estimate of drug-likeness (QED) is 0.698. The molecule has 1 aromatic rings. The number of hydrogen-bond donors (Lipinski definition) is 3. The van der Waals surface area contributed by atoms with Crippen molar-refractivity contribution in [2.45, 2.75) is 31.7 Å². The second-order valence-corrected chi connectivity index (χ2v) is 4.86. The van der Waals surface area contributed by atoms with Crippen molar-refractivity contribution < 1.29 is 14.3 Å². The van der Waals surface area contributed by atoms with Gasteiger partial charge in [0.25, 0.3) is 0 Å². The topological polar surface area (TPSA) is 126 Å². The lowest BCUT2D eigenvalue weighted by Crippen LogP contribution is -2.52. The van der Waals surface area contributed by atoms with Crippen molar-refractivity contribution in [1.29, 1.82) is 0 Å². The van der Waals surface area contributed by atoms with Crippen LogP contribution in [-0.2, 0) is 16.0 Å². The van der Waals surface area contributed by atoms with Crippen LogP contribution in [0, 0.1) is 0 Å². The maximum atomic E-state index is 12.2. The average Bonchev–Trinajstić information content (AvgIpc) is 2.91. The molecule has 1 aliphatic rings. The molecule has 9 heteroatoms. The molecular weight excluding hydrogens is 276 g/mol. The molecule has 1 unspecified atom stereocenters. The summed E-state index contributed by atoms with van der Waals surface area (Å²) >= 11 is 0. The predicted octanol–water partition coefficient (Wildman–Crippen LogP) is -0.333. The van der Waals surface area contributed by atoms with Gasteiger partial charge in [-0.2, -0.15) is 4.98 Å². The lowest BCUT2D eigenvalue weighted by Gasteiger charge is -2.33. The highest BCUT2D eigenvalue weighted by Gasteiger charge is 2.32.